The van der Waals surface area contributed by atoms with Crippen LogP contribution >= 0.6 is 0 Å². The van der Waals surface area contributed by atoms with Crippen LogP contribution in [0.2, 0.25) is 0 Å². The largest absolute Gasteiger partial charge is 0.294 e. The number of carbonyl (C=O) groups is 4. The lowest BCUT2D eigenvalue weighted by atomic mass is 9.85. The smallest absolute Gasteiger partial charge is 0.194 e. The van der Waals surface area contributed by atoms with Gasteiger partial charge in [0.05, 0.1) is 0 Å². The summed E-state index contributed by atoms with van der Waals surface area (Å²) in [6.45, 7) is 2.63. The highest BCUT2D eigenvalue weighted by Crippen LogP contribution is 2.26. The highest BCUT2D eigenvalue weighted by molar-refractivity contribution is 6.25. The highest BCUT2D eigenvalue weighted by Gasteiger charge is 2.27. The van der Waals surface area contributed by atoms with E-state index in [4.69, 9.17) is 0 Å². The van der Waals surface area contributed by atoms with Crippen molar-refractivity contribution < 1.29 is 19.2 Å². The molecule has 3 aromatic carbocycles. The Labute approximate surface area is 162 Å². The summed E-state index contributed by atoms with van der Waals surface area (Å²) in [4.78, 5) is 50.9. The Morgan fingerprint density at radius 1 is 0.500 bits per heavy atom. The molecule has 0 saturated heterocycles. The summed E-state index contributed by atoms with van der Waals surface area (Å²) in [6, 6.07) is 19.8. The van der Waals surface area contributed by atoms with Crippen LogP contribution in [0.25, 0.3) is 0 Å². The molecule has 0 heterocycles. The van der Waals surface area contributed by atoms with Crippen molar-refractivity contribution in [3.8, 4) is 0 Å². The second-order valence-electron chi connectivity index (χ2n) is 6.41. The molecule has 3 rings (SSSR count). The molecule has 0 aliphatic rings. The summed E-state index contributed by atoms with van der Waals surface area (Å²) < 4.78 is 0. The van der Waals surface area contributed by atoms with E-state index in [9.17, 15) is 19.2 Å². The van der Waals surface area contributed by atoms with Crippen LogP contribution in [0.5, 0.6) is 0 Å². The molecule has 138 valence electrons. The standard InChI is InChI=1S/C24H18O4/c1-15(25)19-13-14-20(23(27)17-9-5-3-6-10-17)21(16(2)26)22(19)24(28)18-11-7-4-8-12-18/h3-14H,1-2H3. The van der Waals surface area contributed by atoms with Crippen molar-refractivity contribution >= 4 is 23.1 Å². The first-order valence-electron chi connectivity index (χ1n) is 8.80. The number of hydrogen-bond donors (Lipinski definition) is 0. The fourth-order valence-electron chi connectivity index (χ4n) is 3.17. The van der Waals surface area contributed by atoms with E-state index >= 15 is 0 Å². The molecule has 0 amide bonds. The SMILES string of the molecule is CC(=O)c1ccc(C(=O)c2ccccc2)c(C(C)=O)c1C(=O)c1ccccc1. The number of benzene rings is 3. The molecule has 0 aliphatic heterocycles. The van der Waals surface area contributed by atoms with Gasteiger partial charge < -0.3 is 0 Å². The molecule has 3 aromatic rings. The van der Waals surface area contributed by atoms with Gasteiger partial charge in [-0.05, 0) is 26.0 Å². The quantitative estimate of drug-likeness (QED) is 0.597. The maximum atomic E-state index is 13.2. The Balaban J connectivity index is 2.30. The van der Waals surface area contributed by atoms with Crippen LogP contribution in [0.15, 0.2) is 72.8 Å². The topological polar surface area (TPSA) is 68.3 Å². The molecular weight excluding hydrogens is 352 g/mol. The molecule has 0 fully saturated rings. The Morgan fingerprint density at radius 2 is 0.964 bits per heavy atom. The van der Waals surface area contributed by atoms with Gasteiger partial charge in [0.25, 0.3) is 0 Å². The minimum Gasteiger partial charge on any atom is -0.294 e. The minimum atomic E-state index is -0.460. The second kappa shape index (κ2) is 7.92. The van der Waals surface area contributed by atoms with Crippen molar-refractivity contribution in [3.05, 3.63) is 106 Å². The van der Waals surface area contributed by atoms with Crippen LogP contribution in [0.3, 0.4) is 0 Å². The third kappa shape index (κ3) is 3.58. The zero-order valence-corrected chi connectivity index (χ0v) is 15.6. The number of ketones is 4. The van der Waals surface area contributed by atoms with Gasteiger partial charge in [-0.15, -0.1) is 0 Å². The first kappa shape index (κ1) is 19.1. The van der Waals surface area contributed by atoms with Gasteiger partial charge in [-0.1, -0.05) is 60.7 Å². The first-order chi connectivity index (χ1) is 13.4. The summed E-state index contributed by atoms with van der Waals surface area (Å²) in [5, 5.41) is 0. The molecule has 0 atom stereocenters. The first-order valence-corrected chi connectivity index (χ1v) is 8.80. The van der Waals surface area contributed by atoms with Gasteiger partial charge >= 0.3 is 0 Å². The fraction of sp³-hybridized carbons (Fsp3) is 0.0833. The van der Waals surface area contributed by atoms with Crippen LogP contribution in [0.1, 0.15) is 66.4 Å². The molecule has 0 aromatic heterocycles. The summed E-state index contributed by atoms with van der Waals surface area (Å²) >= 11 is 0. The van der Waals surface area contributed by atoms with Crippen molar-refractivity contribution in [2.45, 2.75) is 13.8 Å². The molecule has 4 nitrogen and oxygen atoms in total. The molecular formula is C24H18O4. The monoisotopic (exact) mass is 370 g/mol. The van der Waals surface area contributed by atoms with Crippen molar-refractivity contribution in [1.29, 1.82) is 0 Å². The molecule has 0 saturated carbocycles. The Morgan fingerprint density at radius 3 is 1.43 bits per heavy atom. The average molecular weight is 370 g/mol. The lowest BCUT2D eigenvalue weighted by molar-refractivity contribution is 0.0969. The molecule has 0 bridgehead atoms. The van der Waals surface area contributed by atoms with Crippen LogP contribution < -0.4 is 0 Å². The summed E-state index contributed by atoms with van der Waals surface area (Å²) in [5.74, 6) is -1.62. The molecule has 0 N–H and O–H groups in total. The van der Waals surface area contributed by atoms with Crippen LogP contribution in [-0.4, -0.2) is 23.1 Å². The molecule has 0 radical (unpaired) electrons. The van der Waals surface area contributed by atoms with E-state index in [2.05, 4.69) is 0 Å². The lowest BCUT2D eigenvalue weighted by Crippen LogP contribution is -2.19. The molecule has 4 heteroatoms. The fourth-order valence-corrected chi connectivity index (χ4v) is 3.17. The number of hydrogen-bond acceptors (Lipinski definition) is 4. The van der Waals surface area contributed by atoms with Crippen molar-refractivity contribution in [3.63, 3.8) is 0 Å². The number of carbonyl (C=O) groups excluding carboxylic acids is 4. The minimum absolute atomic E-state index is 0.0181. The van der Waals surface area contributed by atoms with E-state index in [1.165, 1.54) is 26.0 Å². The van der Waals surface area contributed by atoms with E-state index in [-0.39, 0.29) is 33.8 Å². The van der Waals surface area contributed by atoms with Crippen molar-refractivity contribution in [2.24, 2.45) is 0 Å². The van der Waals surface area contributed by atoms with Crippen molar-refractivity contribution in [2.75, 3.05) is 0 Å². The maximum Gasteiger partial charge on any atom is 0.194 e. The zero-order chi connectivity index (χ0) is 20.3. The summed E-state index contributed by atoms with van der Waals surface area (Å²) in [6.07, 6.45) is 0. The second-order valence-corrected chi connectivity index (χ2v) is 6.41. The van der Waals surface area contributed by atoms with Gasteiger partial charge in [-0.3, -0.25) is 19.2 Å². The third-order valence-corrected chi connectivity index (χ3v) is 4.48. The zero-order valence-electron chi connectivity index (χ0n) is 15.6. The van der Waals surface area contributed by atoms with Crippen molar-refractivity contribution in [1.82, 2.24) is 0 Å². The van der Waals surface area contributed by atoms with Gasteiger partial charge in [0.15, 0.2) is 23.1 Å². The Hall–Kier alpha value is -3.66. The predicted octanol–water partition coefficient (Wildman–Crippen LogP) is 4.55. The van der Waals surface area contributed by atoms with E-state index in [0.717, 1.165) is 0 Å². The average Bonchev–Trinajstić information content (AvgIpc) is 2.72. The Kier molecular flexibility index (Phi) is 5.41. The maximum absolute atomic E-state index is 13.2. The number of Topliss-reactive ketones (excluding diaryl/α,β-unsaturated/α-hetero) is 2. The Bertz CT molecular complexity index is 1080. The normalized spacial score (nSPS) is 10.4. The molecule has 0 unspecified atom stereocenters. The van der Waals surface area contributed by atoms with Crippen LogP contribution in [0.4, 0.5) is 0 Å². The third-order valence-electron chi connectivity index (χ3n) is 4.48. The predicted molar refractivity (Wildman–Crippen MR) is 106 cm³/mol. The van der Waals surface area contributed by atoms with E-state index < -0.39 is 11.6 Å². The van der Waals surface area contributed by atoms with Gasteiger partial charge in [-0.25, -0.2) is 0 Å². The van der Waals surface area contributed by atoms with Crippen LogP contribution in [-0.2, 0) is 0 Å². The van der Waals surface area contributed by atoms with Gasteiger partial charge in [0.1, 0.15) is 0 Å². The highest BCUT2D eigenvalue weighted by atomic mass is 16.1. The van der Waals surface area contributed by atoms with Gasteiger partial charge in [-0.2, -0.15) is 0 Å². The number of rotatable bonds is 6. The molecule has 28 heavy (non-hydrogen) atoms. The van der Waals surface area contributed by atoms with Gasteiger partial charge in [0.2, 0.25) is 0 Å². The van der Waals surface area contributed by atoms with Gasteiger partial charge in [0, 0.05) is 33.4 Å². The van der Waals surface area contributed by atoms with Crippen LogP contribution in [0, 0.1) is 0 Å². The lowest BCUT2D eigenvalue weighted by Gasteiger charge is -2.15. The molecule has 0 spiro atoms. The van der Waals surface area contributed by atoms with E-state index in [1.807, 2.05) is 0 Å². The van der Waals surface area contributed by atoms with E-state index in [0.29, 0.717) is 11.1 Å². The molecule has 0 aliphatic carbocycles. The summed E-state index contributed by atoms with van der Waals surface area (Å²) in [5.41, 5.74) is 0.950. The van der Waals surface area contributed by atoms with E-state index in [1.54, 1.807) is 60.7 Å². The summed E-state index contributed by atoms with van der Waals surface area (Å²) in [7, 11) is 0.